The first kappa shape index (κ1) is 17.1. The molecule has 4 nitrogen and oxygen atoms in total. The van der Waals surface area contributed by atoms with Gasteiger partial charge in [0.2, 0.25) is 5.91 Å². The maximum atomic E-state index is 12.1. The lowest BCUT2D eigenvalue weighted by atomic mass is 10.2. The van der Waals surface area contributed by atoms with Crippen molar-refractivity contribution in [2.24, 2.45) is 0 Å². The van der Waals surface area contributed by atoms with Crippen molar-refractivity contribution in [3.05, 3.63) is 60.2 Å². The molecule has 1 amide bonds. The zero-order valence-corrected chi connectivity index (χ0v) is 14.4. The number of anilines is 1. The largest absolute Gasteiger partial charge is 0.496 e. The molecule has 0 radical (unpaired) electrons. The minimum atomic E-state index is -0.185. The summed E-state index contributed by atoms with van der Waals surface area (Å²) in [5.41, 5.74) is 1.61. The van der Waals surface area contributed by atoms with Crippen molar-refractivity contribution in [1.82, 2.24) is 0 Å². The van der Waals surface area contributed by atoms with Crippen LogP contribution in [-0.4, -0.2) is 19.1 Å². The van der Waals surface area contributed by atoms with Gasteiger partial charge in [-0.15, -0.1) is 0 Å². The fraction of sp³-hybridized carbons (Fsp3) is 0.286. The maximum Gasteiger partial charge on any atom is 0.248 e. The molecule has 1 aliphatic rings. The number of hydrogen-bond donors (Lipinski definition) is 1. The van der Waals surface area contributed by atoms with E-state index in [0.29, 0.717) is 6.10 Å². The lowest BCUT2D eigenvalue weighted by molar-refractivity contribution is -0.111. The van der Waals surface area contributed by atoms with Gasteiger partial charge in [-0.2, -0.15) is 0 Å². The number of carbonyl (C=O) groups is 1. The Morgan fingerprint density at radius 2 is 1.80 bits per heavy atom. The molecule has 4 heteroatoms. The van der Waals surface area contributed by atoms with Crippen LogP contribution in [0, 0.1) is 0 Å². The summed E-state index contributed by atoms with van der Waals surface area (Å²) < 4.78 is 11.2. The normalized spacial score (nSPS) is 14.6. The first-order chi connectivity index (χ1) is 12.2. The molecule has 0 bridgehead atoms. The smallest absolute Gasteiger partial charge is 0.248 e. The van der Waals surface area contributed by atoms with Crippen LogP contribution in [0.15, 0.2) is 54.6 Å². The van der Waals surface area contributed by atoms with Gasteiger partial charge in [-0.25, -0.2) is 0 Å². The van der Waals surface area contributed by atoms with E-state index in [2.05, 4.69) is 5.32 Å². The van der Waals surface area contributed by atoms with E-state index in [1.807, 2.05) is 48.5 Å². The summed E-state index contributed by atoms with van der Waals surface area (Å²) in [6.45, 7) is 0. The van der Waals surface area contributed by atoms with Gasteiger partial charge in [-0.05, 0) is 62.1 Å². The first-order valence-electron chi connectivity index (χ1n) is 8.63. The summed E-state index contributed by atoms with van der Waals surface area (Å²) in [5.74, 6) is 1.41. The van der Waals surface area contributed by atoms with Gasteiger partial charge in [-0.3, -0.25) is 4.79 Å². The van der Waals surface area contributed by atoms with Gasteiger partial charge >= 0.3 is 0 Å². The molecule has 0 unspecified atom stereocenters. The molecule has 0 saturated heterocycles. The number of amides is 1. The van der Waals surface area contributed by atoms with Crippen LogP contribution in [0.3, 0.4) is 0 Å². The number of rotatable bonds is 6. The Hall–Kier alpha value is -2.75. The Kier molecular flexibility index (Phi) is 5.73. The molecule has 2 aromatic rings. The van der Waals surface area contributed by atoms with Crippen molar-refractivity contribution < 1.29 is 14.3 Å². The van der Waals surface area contributed by atoms with Crippen molar-refractivity contribution in [2.75, 3.05) is 12.4 Å². The zero-order valence-electron chi connectivity index (χ0n) is 14.4. The van der Waals surface area contributed by atoms with E-state index in [-0.39, 0.29) is 5.91 Å². The molecule has 25 heavy (non-hydrogen) atoms. The highest BCUT2D eigenvalue weighted by Crippen LogP contribution is 2.25. The number of ether oxygens (including phenoxy) is 2. The third-order valence-corrected chi connectivity index (χ3v) is 4.28. The van der Waals surface area contributed by atoms with E-state index in [1.54, 1.807) is 13.2 Å². The molecule has 0 heterocycles. The van der Waals surface area contributed by atoms with Crippen molar-refractivity contribution in [2.45, 2.75) is 31.8 Å². The quantitative estimate of drug-likeness (QED) is 0.779. The SMILES string of the molecule is COc1ccccc1/C=C/C(=O)Nc1ccc(OC2CCCC2)cc1. The summed E-state index contributed by atoms with van der Waals surface area (Å²) >= 11 is 0. The molecule has 130 valence electrons. The van der Waals surface area contributed by atoms with E-state index in [1.165, 1.54) is 18.9 Å². The van der Waals surface area contributed by atoms with Crippen LogP contribution >= 0.6 is 0 Å². The van der Waals surface area contributed by atoms with Crippen LogP contribution in [0.2, 0.25) is 0 Å². The van der Waals surface area contributed by atoms with Gasteiger partial charge in [-0.1, -0.05) is 18.2 Å². The summed E-state index contributed by atoms with van der Waals surface area (Å²) in [7, 11) is 1.61. The Bertz CT molecular complexity index is 731. The molecule has 1 N–H and O–H groups in total. The Labute approximate surface area is 148 Å². The Morgan fingerprint density at radius 1 is 1.08 bits per heavy atom. The van der Waals surface area contributed by atoms with Gasteiger partial charge in [0.25, 0.3) is 0 Å². The van der Waals surface area contributed by atoms with E-state index in [9.17, 15) is 4.79 Å². The van der Waals surface area contributed by atoms with Crippen LogP contribution in [-0.2, 0) is 4.79 Å². The van der Waals surface area contributed by atoms with E-state index >= 15 is 0 Å². The molecule has 1 aliphatic carbocycles. The maximum absolute atomic E-state index is 12.1. The molecule has 2 aromatic carbocycles. The number of methoxy groups -OCH3 is 1. The minimum Gasteiger partial charge on any atom is -0.496 e. The van der Waals surface area contributed by atoms with Crippen molar-refractivity contribution in [3.63, 3.8) is 0 Å². The molecule has 0 spiro atoms. The zero-order chi connectivity index (χ0) is 17.5. The summed E-state index contributed by atoms with van der Waals surface area (Å²) in [6.07, 6.45) is 8.34. The minimum absolute atomic E-state index is 0.185. The van der Waals surface area contributed by atoms with Crippen LogP contribution < -0.4 is 14.8 Å². The van der Waals surface area contributed by atoms with Gasteiger partial charge in [0, 0.05) is 17.3 Å². The predicted octanol–water partition coefficient (Wildman–Crippen LogP) is 4.67. The molecule has 1 saturated carbocycles. The third-order valence-electron chi connectivity index (χ3n) is 4.28. The lowest BCUT2D eigenvalue weighted by Gasteiger charge is -2.13. The van der Waals surface area contributed by atoms with Crippen LogP contribution in [0.4, 0.5) is 5.69 Å². The number of benzene rings is 2. The van der Waals surface area contributed by atoms with Gasteiger partial charge < -0.3 is 14.8 Å². The average Bonchev–Trinajstić information content (AvgIpc) is 3.15. The first-order valence-corrected chi connectivity index (χ1v) is 8.63. The fourth-order valence-corrected chi connectivity index (χ4v) is 2.97. The molecule has 3 rings (SSSR count). The molecule has 0 aliphatic heterocycles. The molecular weight excluding hydrogens is 314 g/mol. The highest BCUT2D eigenvalue weighted by molar-refractivity contribution is 6.02. The molecule has 0 atom stereocenters. The van der Waals surface area contributed by atoms with Crippen molar-refractivity contribution in [3.8, 4) is 11.5 Å². The highest BCUT2D eigenvalue weighted by Gasteiger charge is 2.16. The molecule has 0 aromatic heterocycles. The standard InChI is InChI=1S/C21H23NO3/c1-24-20-9-5-2-6-16(20)10-15-21(23)22-17-11-13-19(14-12-17)25-18-7-3-4-8-18/h2,5-6,9-15,18H,3-4,7-8H2,1H3,(H,22,23)/b15-10+. The number of hydrogen-bond acceptors (Lipinski definition) is 3. The van der Waals surface area contributed by atoms with Crippen LogP contribution in [0.5, 0.6) is 11.5 Å². The molecular formula is C21H23NO3. The summed E-state index contributed by atoms with van der Waals surface area (Å²) in [4.78, 5) is 12.1. The van der Waals surface area contributed by atoms with Crippen LogP contribution in [0.25, 0.3) is 6.08 Å². The second-order valence-corrected chi connectivity index (χ2v) is 6.11. The number of carbonyl (C=O) groups excluding carboxylic acids is 1. The second kappa shape index (κ2) is 8.38. The third kappa shape index (κ3) is 4.86. The van der Waals surface area contributed by atoms with Gasteiger partial charge in [0.15, 0.2) is 0 Å². The van der Waals surface area contributed by atoms with E-state index in [0.717, 1.165) is 35.6 Å². The lowest BCUT2D eigenvalue weighted by Crippen LogP contribution is -2.11. The van der Waals surface area contributed by atoms with Crippen molar-refractivity contribution in [1.29, 1.82) is 0 Å². The topological polar surface area (TPSA) is 47.6 Å². The number of nitrogens with one attached hydrogen (secondary N) is 1. The average molecular weight is 337 g/mol. The predicted molar refractivity (Wildman–Crippen MR) is 100.0 cm³/mol. The number of para-hydroxylation sites is 1. The summed E-state index contributed by atoms with van der Waals surface area (Å²) in [6, 6.07) is 15.1. The van der Waals surface area contributed by atoms with E-state index < -0.39 is 0 Å². The van der Waals surface area contributed by atoms with Gasteiger partial charge in [0.1, 0.15) is 11.5 Å². The monoisotopic (exact) mass is 337 g/mol. The van der Waals surface area contributed by atoms with E-state index in [4.69, 9.17) is 9.47 Å². The highest BCUT2D eigenvalue weighted by atomic mass is 16.5. The fourth-order valence-electron chi connectivity index (χ4n) is 2.97. The Balaban J connectivity index is 1.56. The van der Waals surface area contributed by atoms with Gasteiger partial charge in [0.05, 0.1) is 13.2 Å². The van der Waals surface area contributed by atoms with Crippen LogP contribution in [0.1, 0.15) is 31.2 Å². The Morgan fingerprint density at radius 3 is 2.52 bits per heavy atom. The van der Waals surface area contributed by atoms with Crippen molar-refractivity contribution >= 4 is 17.7 Å². The summed E-state index contributed by atoms with van der Waals surface area (Å²) in [5, 5.41) is 2.85. The second-order valence-electron chi connectivity index (χ2n) is 6.11. The molecule has 1 fully saturated rings.